The number of carbonyl (C=O) groups excluding carboxylic acids is 4. The summed E-state index contributed by atoms with van der Waals surface area (Å²) in [5, 5.41) is 12.9. The van der Waals surface area contributed by atoms with E-state index in [1.165, 1.54) is 41.7 Å². The van der Waals surface area contributed by atoms with Crippen molar-refractivity contribution in [3.8, 4) is 0 Å². The molecule has 0 unspecified atom stereocenters. The van der Waals surface area contributed by atoms with Crippen LogP contribution in [0.5, 0.6) is 0 Å². The number of amides is 4. The van der Waals surface area contributed by atoms with Gasteiger partial charge in [0.05, 0.1) is 11.7 Å². The van der Waals surface area contributed by atoms with Gasteiger partial charge in [-0.1, -0.05) is 12.1 Å². The number of thiophene rings is 1. The smallest absolute Gasteiger partial charge is 0.335 e. The largest absolute Gasteiger partial charge is 0.545 e. The lowest BCUT2D eigenvalue weighted by Crippen LogP contribution is -2.54. The summed E-state index contributed by atoms with van der Waals surface area (Å²) in [5.74, 6) is -2.92. The number of aryl methyl sites for hydroxylation is 1. The molecule has 1 aromatic carbocycles. The lowest BCUT2D eigenvalue weighted by atomic mass is 10.1. The molecule has 0 saturated carbocycles. The second-order valence-corrected chi connectivity index (χ2v) is 6.56. The van der Waals surface area contributed by atoms with E-state index in [-0.39, 0.29) is 16.8 Å². The highest BCUT2D eigenvalue weighted by Gasteiger charge is 2.36. The van der Waals surface area contributed by atoms with Gasteiger partial charge in [-0.2, -0.15) is 0 Å². The molecule has 0 spiro atoms. The molecule has 126 valence electrons. The number of carbonyl (C=O) groups is 4. The minimum atomic E-state index is -1.37. The van der Waals surface area contributed by atoms with Crippen LogP contribution >= 0.6 is 11.3 Å². The van der Waals surface area contributed by atoms with Gasteiger partial charge < -0.3 is 9.90 Å². The molecule has 0 radical (unpaired) electrons. The quantitative estimate of drug-likeness (QED) is 0.655. The fourth-order valence-corrected chi connectivity index (χ4v) is 3.13. The molecule has 25 heavy (non-hydrogen) atoms. The highest BCUT2D eigenvalue weighted by Crippen LogP contribution is 2.24. The van der Waals surface area contributed by atoms with Gasteiger partial charge in [-0.05, 0) is 42.8 Å². The van der Waals surface area contributed by atoms with Crippen molar-refractivity contribution in [1.29, 1.82) is 0 Å². The van der Waals surface area contributed by atoms with E-state index in [2.05, 4.69) is 5.32 Å². The number of benzene rings is 1. The van der Waals surface area contributed by atoms with Crippen molar-refractivity contribution in [3.05, 3.63) is 57.3 Å². The summed E-state index contributed by atoms with van der Waals surface area (Å²) >= 11 is 1.40. The fraction of sp³-hybridized carbons (Fsp3) is 0.0588. The molecule has 8 heteroatoms. The monoisotopic (exact) mass is 355 g/mol. The molecule has 1 saturated heterocycles. The normalized spacial score (nSPS) is 16.3. The molecular formula is C17H11N2O5S-. The van der Waals surface area contributed by atoms with Crippen molar-refractivity contribution in [2.45, 2.75) is 6.92 Å². The van der Waals surface area contributed by atoms with Crippen LogP contribution in [0.2, 0.25) is 0 Å². The summed E-state index contributed by atoms with van der Waals surface area (Å²) in [5.41, 5.74) is -0.117. The fourth-order valence-electron chi connectivity index (χ4n) is 2.31. The third-order valence-corrected chi connectivity index (χ3v) is 4.46. The van der Waals surface area contributed by atoms with Crippen LogP contribution in [0, 0.1) is 6.92 Å². The van der Waals surface area contributed by atoms with E-state index in [0.29, 0.717) is 4.88 Å². The van der Waals surface area contributed by atoms with Crippen molar-refractivity contribution in [2.75, 3.05) is 4.90 Å². The van der Waals surface area contributed by atoms with E-state index in [4.69, 9.17) is 0 Å². The maximum absolute atomic E-state index is 12.6. The second-order valence-electron chi connectivity index (χ2n) is 5.24. The van der Waals surface area contributed by atoms with Gasteiger partial charge in [-0.15, -0.1) is 11.3 Å². The predicted octanol–water partition coefficient (Wildman–Crippen LogP) is 1.09. The Morgan fingerprint density at radius 2 is 1.80 bits per heavy atom. The first-order chi connectivity index (χ1) is 11.9. The van der Waals surface area contributed by atoms with Crippen LogP contribution in [-0.2, 0) is 9.59 Å². The number of rotatable bonds is 3. The summed E-state index contributed by atoms with van der Waals surface area (Å²) in [6.45, 7) is 1.89. The highest BCUT2D eigenvalue weighted by atomic mass is 32.1. The number of urea groups is 1. The number of hydrogen-bond acceptors (Lipinski definition) is 6. The first kappa shape index (κ1) is 16.6. The topological polar surface area (TPSA) is 107 Å². The number of carboxylic acids is 1. The maximum atomic E-state index is 12.6. The predicted molar refractivity (Wildman–Crippen MR) is 88.8 cm³/mol. The van der Waals surface area contributed by atoms with Gasteiger partial charge in [-0.3, -0.25) is 14.9 Å². The molecule has 4 amide bonds. The van der Waals surface area contributed by atoms with Crippen molar-refractivity contribution in [3.63, 3.8) is 0 Å². The van der Waals surface area contributed by atoms with Crippen LogP contribution < -0.4 is 15.3 Å². The molecule has 1 aliphatic heterocycles. The Morgan fingerprint density at radius 1 is 1.12 bits per heavy atom. The Morgan fingerprint density at radius 3 is 2.36 bits per heavy atom. The van der Waals surface area contributed by atoms with Gasteiger partial charge in [-0.25, -0.2) is 9.69 Å². The molecule has 1 N–H and O–H groups in total. The van der Waals surface area contributed by atoms with E-state index >= 15 is 0 Å². The molecule has 2 aromatic rings. The molecule has 1 aliphatic rings. The zero-order valence-corrected chi connectivity index (χ0v) is 13.8. The van der Waals surface area contributed by atoms with Crippen LogP contribution in [0.4, 0.5) is 10.5 Å². The summed E-state index contributed by atoms with van der Waals surface area (Å²) in [6, 6.07) is 7.75. The van der Waals surface area contributed by atoms with Gasteiger partial charge in [0.2, 0.25) is 0 Å². The van der Waals surface area contributed by atoms with Crippen molar-refractivity contribution >= 4 is 46.9 Å². The van der Waals surface area contributed by atoms with Crippen LogP contribution in [0.1, 0.15) is 20.1 Å². The number of aromatic carboxylic acids is 1. The Kier molecular flexibility index (Phi) is 4.20. The standard InChI is InChI=1S/C17H12N2O5S/c1-9-2-7-12(25-9)8-13-14(20)18-17(24)19(15(13)21)11-5-3-10(4-6-11)16(22)23/h2-8H,1H3,(H,22,23)(H,18,20,24)/p-1/b13-8-. The minimum absolute atomic E-state index is 0.0884. The molecule has 2 heterocycles. The Labute approximate surface area is 146 Å². The number of nitrogens with one attached hydrogen (secondary N) is 1. The van der Waals surface area contributed by atoms with Crippen molar-refractivity contribution in [1.82, 2.24) is 5.32 Å². The Hall–Kier alpha value is -3.26. The van der Waals surface area contributed by atoms with E-state index in [1.54, 1.807) is 6.07 Å². The average molecular weight is 355 g/mol. The molecule has 1 aromatic heterocycles. The van der Waals surface area contributed by atoms with Crippen molar-refractivity contribution in [2.24, 2.45) is 0 Å². The third-order valence-electron chi connectivity index (χ3n) is 3.51. The maximum Gasteiger partial charge on any atom is 0.335 e. The van der Waals surface area contributed by atoms with Gasteiger partial charge in [0.1, 0.15) is 5.57 Å². The van der Waals surface area contributed by atoms with Crippen LogP contribution in [0.3, 0.4) is 0 Å². The molecule has 0 atom stereocenters. The van der Waals surface area contributed by atoms with Crippen LogP contribution in [0.25, 0.3) is 6.08 Å². The highest BCUT2D eigenvalue weighted by molar-refractivity contribution is 7.12. The number of hydrogen-bond donors (Lipinski definition) is 1. The van der Waals surface area contributed by atoms with Gasteiger partial charge in [0.25, 0.3) is 11.8 Å². The molecule has 3 rings (SSSR count). The van der Waals surface area contributed by atoms with Gasteiger partial charge >= 0.3 is 6.03 Å². The first-order valence-corrected chi connectivity index (χ1v) is 7.98. The molecule has 0 aliphatic carbocycles. The lowest BCUT2D eigenvalue weighted by Gasteiger charge is -2.26. The third kappa shape index (κ3) is 3.20. The number of anilines is 1. The first-order valence-electron chi connectivity index (χ1n) is 7.16. The number of carboxylic acid groups (broad SMARTS) is 1. The summed E-state index contributed by atoms with van der Waals surface area (Å²) < 4.78 is 0. The molecular weight excluding hydrogens is 344 g/mol. The Bertz CT molecular complexity index is 927. The van der Waals surface area contributed by atoms with E-state index in [9.17, 15) is 24.3 Å². The number of nitrogens with zero attached hydrogens (tertiary/aromatic N) is 1. The SMILES string of the molecule is Cc1ccc(/C=C2/C(=O)NC(=O)N(c3ccc(C(=O)[O-])cc3)C2=O)s1. The van der Waals surface area contributed by atoms with E-state index < -0.39 is 23.8 Å². The van der Waals surface area contributed by atoms with Gasteiger partial charge in [0, 0.05) is 9.75 Å². The zero-order valence-electron chi connectivity index (χ0n) is 12.9. The number of barbiturate groups is 1. The molecule has 0 bridgehead atoms. The minimum Gasteiger partial charge on any atom is -0.545 e. The van der Waals surface area contributed by atoms with E-state index in [0.717, 1.165) is 9.78 Å². The summed E-state index contributed by atoms with van der Waals surface area (Å²) in [7, 11) is 0. The van der Waals surface area contributed by atoms with E-state index in [1.807, 2.05) is 13.0 Å². The molecule has 1 fully saturated rings. The molecule has 7 nitrogen and oxygen atoms in total. The number of imide groups is 2. The summed E-state index contributed by atoms with van der Waals surface area (Å²) in [4.78, 5) is 50.0. The van der Waals surface area contributed by atoms with Gasteiger partial charge in [0.15, 0.2) is 0 Å². The second kappa shape index (κ2) is 6.33. The Balaban J connectivity index is 1.98. The van der Waals surface area contributed by atoms with Crippen LogP contribution in [-0.4, -0.2) is 23.8 Å². The lowest BCUT2D eigenvalue weighted by molar-refractivity contribution is -0.255. The summed E-state index contributed by atoms with van der Waals surface area (Å²) in [6.07, 6.45) is 1.42. The van der Waals surface area contributed by atoms with Crippen LogP contribution in [0.15, 0.2) is 42.0 Å². The average Bonchev–Trinajstić information content (AvgIpc) is 2.97. The zero-order chi connectivity index (χ0) is 18.1. The van der Waals surface area contributed by atoms with Crippen molar-refractivity contribution < 1.29 is 24.3 Å².